The van der Waals surface area contributed by atoms with Crippen molar-refractivity contribution in [2.45, 2.75) is 32.5 Å². The molecule has 0 fully saturated rings. The van der Waals surface area contributed by atoms with Gasteiger partial charge in [0, 0.05) is 44.9 Å². The van der Waals surface area contributed by atoms with E-state index in [2.05, 4.69) is 25.7 Å². The normalized spacial score (nSPS) is 17.7. The van der Waals surface area contributed by atoms with Crippen LogP contribution in [0.2, 0.25) is 0 Å². The van der Waals surface area contributed by atoms with E-state index in [1.807, 2.05) is 23.9 Å². The summed E-state index contributed by atoms with van der Waals surface area (Å²) in [5.41, 5.74) is 2.23. The number of ether oxygens (including phenoxy) is 1. The molecule has 3 rings (SSSR count). The molecule has 1 amide bonds. The predicted molar refractivity (Wildman–Crippen MR) is 91.7 cm³/mol. The van der Waals surface area contributed by atoms with Crippen LogP contribution in [0.5, 0.6) is 0 Å². The van der Waals surface area contributed by atoms with Crippen molar-refractivity contribution in [1.29, 1.82) is 0 Å². The Bertz CT molecular complexity index is 684. The Labute approximate surface area is 145 Å². The highest BCUT2D eigenvalue weighted by Crippen LogP contribution is 2.24. The van der Waals surface area contributed by atoms with Crippen molar-refractivity contribution < 1.29 is 9.53 Å². The third kappa shape index (κ3) is 4.19. The number of amides is 1. The molecule has 1 aliphatic rings. The van der Waals surface area contributed by atoms with Crippen LogP contribution in [-0.4, -0.2) is 52.4 Å². The van der Waals surface area contributed by atoms with E-state index >= 15 is 0 Å². The zero-order valence-electron chi connectivity index (χ0n) is 14.1. The Hall–Kier alpha value is -1.77. The number of carbonyl (C=O) groups is 1. The number of hydrogen-bond acceptors (Lipinski definition) is 6. The average Bonchev–Trinajstić information content (AvgIpc) is 3.16. The largest absolute Gasteiger partial charge is 0.383 e. The summed E-state index contributed by atoms with van der Waals surface area (Å²) in [6.07, 6.45) is 2.23. The fourth-order valence-electron chi connectivity index (χ4n) is 3.02. The summed E-state index contributed by atoms with van der Waals surface area (Å²) in [6.45, 7) is 5.51. The van der Waals surface area contributed by atoms with Crippen molar-refractivity contribution in [1.82, 2.24) is 25.0 Å². The first-order chi connectivity index (χ1) is 11.7. The first kappa shape index (κ1) is 17.1. The molecular weight excluding hydrogens is 326 g/mol. The summed E-state index contributed by atoms with van der Waals surface area (Å²) in [7, 11) is 1.63. The summed E-state index contributed by atoms with van der Waals surface area (Å²) >= 11 is 1.67. The number of hydrogen-bond donors (Lipinski definition) is 1. The van der Waals surface area contributed by atoms with Crippen LogP contribution in [0.3, 0.4) is 0 Å². The van der Waals surface area contributed by atoms with Crippen LogP contribution in [0.1, 0.15) is 28.9 Å². The Morgan fingerprint density at radius 3 is 3.17 bits per heavy atom. The van der Waals surface area contributed by atoms with E-state index in [1.165, 1.54) is 0 Å². The second-order valence-electron chi connectivity index (χ2n) is 6.00. The lowest BCUT2D eigenvalue weighted by atomic mass is 10.1. The molecule has 1 N–H and O–H groups in total. The number of rotatable bonds is 7. The van der Waals surface area contributed by atoms with E-state index in [-0.39, 0.29) is 11.9 Å². The van der Waals surface area contributed by atoms with Gasteiger partial charge in [-0.15, -0.1) is 11.3 Å². The third-order valence-corrected chi connectivity index (χ3v) is 4.88. The highest BCUT2D eigenvalue weighted by atomic mass is 32.1. The van der Waals surface area contributed by atoms with Gasteiger partial charge < -0.3 is 10.1 Å². The standard InChI is InChI=1S/C16H23N5O2S/c1-12-19-13(11-24-12)8-20-9-14-3-4-18-21(14)15(10-20)7-16(22)17-5-6-23-2/h3-4,11,15H,5-10H2,1-2H3,(H,17,22)/t15-/m1/s1. The molecule has 1 aliphatic heterocycles. The van der Waals surface area contributed by atoms with Crippen LogP contribution < -0.4 is 5.32 Å². The molecule has 0 bridgehead atoms. The van der Waals surface area contributed by atoms with Crippen LogP contribution in [0.15, 0.2) is 17.6 Å². The number of aromatic nitrogens is 3. The Morgan fingerprint density at radius 1 is 1.54 bits per heavy atom. The maximum absolute atomic E-state index is 12.1. The lowest BCUT2D eigenvalue weighted by Crippen LogP contribution is -2.40. The van der Waals surface area contributed by atoms with E-state index in [0.29, 0.717) is 19.6 Å². The van der Waals surface area contributed by atoms with Crippen molar-refractivity contribution in [3.8, 4) is 0 Å². The van der Waals surface area contributed by atoms with Crippen molar-refractivity contribution in [3.05, 3.63) is 34.0 Å². The van der Waals surface area contributed by atoms with Crippen molar-refractivity contribution in [2.75, 3.05) is 26.8 Å². The number of nitrogens with zero attached hydrogens (tertiary/aromatic N) is 4. The molecule has 0 aromatic carbocycles. The first-order valence-electron chi connectivity index (χ1n) is 8.07. The SMILES string of the molecule is COCCNC(=O)C[C@@H]1CN(Cc2csc(C)n2)Cc2ccnn21. The van der Waals surface area contributed by atoms with E-state index in [4.69, 9.17) is 4.74 Å². The van der Waals surface area contributed by atoms with Gasteiger partial charge >= 0.3 is 0 Å². The molecule has 0 spiro atoms. The summed E-state index contributed by atoms with van der Waals surface area (Å²) < 4.78 is 6.95. The summed E-state index contributed by atoms with van der Waals surface area (Å²) in [5, 5.41) is 10.5. The lowest BCUT2D eigenvalue weighted by molar-refractivity contribution is -0.122. The molecule has 2 aromatic rings. The van der Waals surface area contributed by atoms with Crippen LogP contribution in [0.25, 0.3) is 0 Å². The smallest absolute Gasteiger partial charge is 0.222 e. The third-order valence-electron chi connectivity index (χ3n) is 4.05. The number of aryl methyl sites for hydroxylation is 1. The lowest BCUT2D eigenvalue weighted by Gasteiger charge is -2.33. The molecule has 7 nitrogen and oxygen atoms in total. The number of thiazole rings is 1. The van der Waals surface area contributed by atoms with Gasteiger partial charge in [-0.1, -0.05) is 0 Å². The fourth-order valence-corrected chi connectivity index (χ4v) is 3.63. The van der Waals surface area contributed by atoms with E-state index in [1.54, 1.807) is 18.4 Å². The molecule has 1 atom stereocenters. The number of carbonyl (C=O) groups excluding carboxylic acids is 1. The van der Waals surface area contributed by atoms with Crippen molar-refractivity contribution >= 4 is 17.2 Å². The minimum Gasteiger partial charge on any atom is -0.383 e. The van der Waals surface area contributed by atoms with E-state index in [0.717, 1.165) is 36.0 Å². The Kier molecular flexibility index (Phi) is 5.60. The monoisotopic (exact) mass is 349 g/mol. The van der Waals surface area contributed by atoms with Gasteiger partial charge in [0.15, 0.2) is 0 Å². The van der Waals surface area contributed by atoms with Gasteiger partial charge in [0.1, 0.15) is 0 Å². The molecule has 0 saturated carbocycles. The number of fused-ring (bicyclic) bond motifs is 1. The quantitative estimate of drug-likeness (QED) is 0.764. The fraction of sp³-hybridized carbons (Fsp3) is 0.562. The predicted octanol–water partition coefficient (Wildman–Crippen LogP) is 1.36. The molecule has 0 unspecified atom stereocenters. The zero-order valence-corrected chi connectivity index (χ0v) is 14.9. The highest BCUT2D eigenvalue weighted by molar-refractivity contribution is 7.09. The van der Waals surface area contributed by atoms with Gasteiger partial charge in [-0.2, -0.15) is 5.10 Å². The maximum Gasteiger partial charge on any atom is 0.222 e. The van der Waals surface area contributed by atoms with Gasteiger partial charge in [-0.25, -0.2) is 4.98 Å². The average molecular weight is 349 g/mol. The molecule has 3 heterocycles. The van der Waals surface area contributed by atoms with E-state index in [9.17, 15) is 4.79 Å². The molecule has 0 aliphatic carbocycles. The van der Waals surface area contributed by atoms with Gasteiger partial charge in [0.25, 0.3) is 0 Å². The molecule has 24 heavy (non-hydrogen) atoms. The minimum absolute atomic E-state index is 0.0323. The van der Waals surface area contributed by atoms with Crippen LogP contribution >= 0.6 is 11.3 Å². The van der Waals surface area contributed by atoms with Gasteiger partial charge in [-0.05, 0) is 13.0 Å². The molecule has 2 aromatic heterocycles. The second-order valence-corrected chi connectivity index (χ2v) is 7.06. The molecule has 8 heteroatoms. The molecule has 0 saturated heterocycles. The van der Waals surface area contributed by atoms with Crippen LogP contribution in [-0.2, 0) is 22.6 Å². The Balaban J connectivity index is 1.64. The minimum atomic E-state index is 0.0323. The number of nitrogens with one attached hydrogen (secondary N) is 1. The second kappa shape index (κ2) is 7.87. The molecule has 130 valence electrons. The van der Waals surface area contributed by atoms with Crippen molar-refractivity contribution in [3.63, 3.8) is 0 Å². The van der Waals surface area contributed by atoms with Gasteiger partial charge in [0.2, 0.25) is 5.91 Å². The zero-order chi connectivity index (χ0) is 16.9. The van der Waals surface area contributed by atoms with Crippen LogP contribution in [0, 0.1) is 6.92 Å². The summed E-state index contributed by atoms with van der Waals surface area (Å²) in [4.78, 5) is 19.0. The summed E-state index contributed by atoms with van der Waals surface area (Å²) in [6, 6.07) is 2.07. The van der Waals surface area contributed by atoms with Gasteiger partial charge in [0.05, 0.1) is 35.5 Å². The summed E-state index contributed by atoms with van der Waals surface area (Å²) in [5.74, 6) is 0.0323. The van der Waals surface area contributed by atoms with Gasteiger partial charge in [-0.3, -0.25) is 14.4 Å². The Morgan fingerprint density at radius 2 is 2.42 bits per heavy atom. The highest BCUT2D eigenvalue weighted by Gasteiger charge is 2.27. The topological polar surface area (TPSA) is 72.3 Å². The van der Waals surface area contributed by atoms with Crippen LogP contribution in [0.4, 0.5) is 0 Å². The van der Waals surface area contributed by atoms with Crippen molar-refractivity contribution in [2.24, 2.45) is 0 Å². The molecule has 0 radical (unpaired) electrons. The first-order valence-corrected chi connectivity index (χ1v) is 8.95. The molecular formula is C16H23N5O2S. The maximum atomic E-state index is 12.1. The number of methoxy groups -OCH3 is 1. The van der Waals surface area contributed by atoms with E-state index < -0.39 is 0 Å².